The van der Waals surface area contributed by atoms with Gasteiger partial charge in [0.15, 0.2) is 0 Å². The Morgan fingerprint density at radius 2 is 1.86 bits per heavy atom. The second-order valence-electron chi connectivity index (χ2n) is 4.33. The van der Waals surface area contributed by atoms with Crippen molar-refractivity contribution in [2.24, 2.45) is 5.10 Å². The summed E-state index contributed by atoms with van der Waals surface area (Å²) in [7, 11) is 0. The Bertz CT molecular complexity index is 714. The topological polar surface area (TPSA) is 41.5 Å². The average molecular weight is 342 g/mol. The average Bonchev–Trinajstić information content (AvgIpc) is 2.44. The zero-order valence-electron chi connectivity index (χ0n) is 11.0. The van der Waals surface area contributed by atoms with E-state index >= 15 is 0 Å². The summed E-state index contributed by atoms with van der Waals surface area (Å²) in [5.41, 5.74) is 4.41. The van der Waals surface area contributed by atoms with E-state index in [1.807, 2.05) is 6.92 Å². The van der Waals surface area contributed by atoms with Crippen molar-refractivity contribution in [3.05, 3.63) is 68.2 Å². The summed E-state index contributed by atoms with van der Waals surface area (Å²) in [5.74, 6) is -0.349. The van der Waals surface area contributed by atoms with Crippen LogP contribution in [0.2, 0.25) is 15.1 Å². The van der Waals surface area contributed by atoms with Crippen molar-refractivity contribution in [3.63, 3.8) is 0 Å². The lowest BCUT2D eigenvalue weighted by Crippen LogP contribution is -2.17. The van der Waals surface area contributed by atoms with E-state index in [-0.39, 0.29) is 5.91 Å². The molecule has 0 unspecified atom stereocenters. The Labute approximate surface area is 137 Å². The van der Waals surface area contributed by atoms with Gasteiger partial charge in [-0.2, -0.15) is 5.10 Å². The number of amides is 1. The van der Waals surface area contributed by atoms with Crippen LogP contribution in [0.1, 0.15) is 21.5 Å². The number of halogens is 3. The van der Waals surface area contributed by atoms with Gasteiger partial charge >= 0.3 is 0 Å². The van der Waals surface area contributed by atoms with E-state index < -0.39 is 0 Å². The Morgan fingerprint density at radius 3 is 2.52 bits per heavy atom. The fraction of sp³-hybridized carbons (Fsp3) is 0.0667. The van der Waals surface area contributed by atoms with Crippen LogP contribution in [0, 0.1) is 6.92 Å². The van der Waals surface area contributed by atoms with E-state index in [0.29, 0.717) is 26.2 Å². The second-order valence-corrected chi connectivity index (χ2v) is 5.58. The highest BCUT2D eigenvalue weighted by atomic mass is 35.5. The van der Waals surface area contributed by atoms with Crippen LogP contribution in [0.25, 0.3) is 0 Å². The summed E-state index contributed by atoms with van der Waals surface area (Å²) >= 11 is 17.8. The predicted molar refractivity (Wildman–Crippen MR) is 87.7 cm³/mol. The first-order valence-corrected chi connectivity index (χ1v) is 7.15. The number of nitrogens with one attached hydrogen (secondary N) is 1. The molecule has 2 aromatic carbocycles. The Morgan fingerprint density at radius 1 is 1.10 bits per heavy atom. The zero-order valence-corrected chi connectivity index (χ0v) is 13.3. The fourth-order valence-electron chi connectivity index (χ4n) is 1.57. The van der Waals surface area contributed by atoms with Crippen LogP contribution in [0.5, 0.6) is 0 Å². The van der Waals surface area contributed by atoms with Crippen LogP contribution in [0.4, 0.5) is 0 Å². The molecule has 0 saturated heterocycles. The number of benzene rings is 2. The van der Waals surface area contributed by atoms with Gasteiger partial charge in [0.05, 0.1) is 11.2 Å². The Balaban J connectivity index is 2.06. The number of carbonyl (C=O) groups is 1. The van der Waals surface area contributed by atoms with E-state index in [1.54, 1.807) is 36.4 Å². The molecule has 1 N–H and O–H groups in total. The van der Waals surface area contributed by atoms with Crippen LogP contribution >= 0.6 is 34.8 Å². The molecule has 0 bridgehead atoms. The van der Waals surface area contributed by atoms with Crippen molar-refractivity contribution in [1.29, 1.82) is 0 Å². The maximum absolute atomic E-state index is 11.9. The maximum Gasteiger partial charge on any atom is 0.271 e. The molecule has 0 heterocycles. The molecular formula is C15H11Cl3N2O. The van der Waals surface area contributed by atoms with E-state index in [9.17, 15) is 4.79 Å². The third-order valence-corrected chi connectivity index (χ3v) is 3.74. The number of carbonyl (C=O) groups excluding carboxylic acids is 1. The summed E-state index contributed by atoms with van der Waals surface area (Å²) < 4.78 is 0. The number of hydrogen-bond donors (Lipinski definition) is 1. The molecule has 0 aliphatic heterocycles. The lowest BCUT2D eigenvalue weighted by atomic mass is 10.1. The highest BCUT2D eigenvalue weighted by Gasteiger charge is 2.06. The van der Waals surface area contributed by atoms with Crippen LogP contribution < -0.4 is 5.43 Å². The Kier molecular flexibility index (Phi) is 5.23. The lowest BCUT2D eigenvalue weighted by molar-refractivity contribution is 0.0955. The van der Waals surface area contributed by atoms with Crippen molar-refractivity contribution in [1.82, 2.24) is 5.43 Å². The first kappa shape index (κ1) is 15.8. The minimum absolute atomic E-state index is 0.349. The van der Waals surface area contributed by atoms with Gasteiger partial charge in [-0.3, -0.25) is 4.79 Å². The first-order chi connectivity index (χ1) is 9.97. The number of rotatable bonds is 3. The van der Waals surface area contributed by atoms with Gasteiger partial charge in [0.1, 0.15) is 0 Å². The molecule has 2 rings (SSSR count). The molecule has 0 spiro atoms. The quantitative estimate of drug-likeness (QED) is 0.637. The minimum atomic E-state index is -0.349. The van der Waals surface area contributed by atoms with Gasteiger partial charge in [-0.1, -0.05) is 46.9 Å². The third kappa shape index (κ3) is 4.21. The summed E-state index contributed by atoms with van der Waals surface area (Å²) in [6, 6.07) is 10.1. The van der Waals surface area contributed by atoms with Crippen LogP contribution in [0.3, 0.4) is 0 Å². The molecule has 0 fully saturated rings. The number of hydrazone groups is 1. The summed E-state index contributed by atoms with van der Waals surface area (Å²) in [5, 5.41) is 5.39. The van der Waals surface area contributed by atoms with Crippen LogP contribution in [0.15, 0.2) is 41.5 Å². The molecule has 0 saturated carbocycles. The van der Waals surface area contributed by atoms with E-state index in [1.165, 1.54) is 6.21 Å². The lowest BCUT2D eigenvalue weighted by Gasteiger charge is -2.03. The van der Waals surface area contributed by atoms with Gasteiger partial charge in [-0.05, 0) is 36.8 Å². The second kappa shape index (κ2) is 6.94. The molecule has 108 valence electrons. The molecule has 3 nitrogen and oxygen atoms in total. The molecule has 0 aromatic heterocycles. The van der Waals surface area contributed by atoms with E-state index in [4.69, 9.17) is 34.8 Å². The molecule has 21 heavy (non-hydrogen) atoms. The number of aryl methyl sites for hydroxylation is 1. The standard InChI is InChI=1S/C15H11Cl3N2O/c1-9-2-3-10(6-13(9)17)15(21)20-19-8-11-4-5-12(16)7-14(11)18/h2-8H,1H3,(H,20,21)/b19-8+. The van der Waals surface area contributed by atoms with Crippen molar-refractivity contribution in [3.8, 4) is 0 Å². The SMILES string of the molecule is Cc1ccc(C(=O)N/N=C/c2ccc(Cl)cc2Cl)cc1Cl. The molecule has 0 aliphatic carbocycles. The summed E-state index contributed by atoms with van der Waals surface area (Å²) in [6.07, 6.45) is 1.45. The van der Waals surface area contributed by atoms with Crippen molar-refractivity contribution in [2.75, 3.05) is 0 Å². The molecular weight excluding hydrogens is 331 g/mol. The summed E-state index contributed by atoms with van der Waals surface area (Å²) in [6.45, 7) is 1.87. The predicted octanol–water partition coefficient (Wildman–Crippen LogP) is 4.72. The highest BCUT2D eigenvalue weighted by molar-refractivity contribution is 6.36. The van der Waals surface area contributed by atoms with Gasteiger partial charge < -0.3 is 0 Å². The molecule has 1 amide bonds. The van der Waals surface area contributed by atoms with Gasteiger partial charge in [-0.15, -0.1) is 0 Å². The van der Waals surface area contributed by atoms with Crippen molar-refractivity contribution in [2.45, 2.75) is 6.92 Å². The van der Waals surface area contributed by atoms with Crippen molar-refractivity contribution < 1.29 is 4.79 Å². The zero-order chi connectivity index (χ0) is 15.4. The van der Waals surface area contributed by atoms with Crippen molar-refractivity contribution >= 4 is 46.9 Å². The summed E-state index contributed by atoms with van der Waals surface area (Å²) in [4.78, 5) is 11.9. The maximum atomic E-state index is 11.9. The van der Waals surface area contributed by atoms with E-state index in [0.717, 1.165) is 5.56 Å². The molecule has 6 heteroatoms. The molecule has 0 aliphatic rings. The number of nitrogens with zero attached hydrogens (tertiary/aromatic N) is 1. The monoisotopic (exact) mass is 340 g/mol. The van der Waals surface area contributed by atoms with Gasteiger partial charge in [0, 0.05) is 21.2 Å². The normalized spacial score (nSPS) is 10.9. The van der Waals surface area contributed by atoms with Crippen LogP contribution in [-0.4, -0.2) is 12.1 Å². The molecule has 0 radical (unpaired) electrons. The fourth-order valence-corrected chi connectivity index (χ4v) is 2.20. The van der Waals surface area contributed by atoms with E-state index in [2.05, 4.69) is 10.5 Å². The molecule has 0 atom stereocenters. The third-order valence-electron chi connectivity index (χ3n) is 2.77. The van der Waals surface area contributed by atoms with Gasteiger partial charge in [-0.25, -0.2) is 5.43 Å². The van der Waals surface area contributed by atoms with Gasteiger partial charge in [0.2, 0.25) is 0 Å². The first-order valence-electron chi connectivity index (χ1n) is 6.02. The molecule has 2 aromatic rings. The van der Waals surface area contributed by atoms with Gasteiger partial charge in [0.25, 0.3) is 5.91 Å². The Hall–Kier alpha value is -1.55. The number of hydrogen-bond acceptors (Lipinski definition) is 2. The largest absolute Gasteiger partial charge is 0.271 e. The minimum Gasteiger partial charge on any atom is -0.267 e. The van der Waals surface area contributed by atoms with Crippen LogP contribution in [-0.2, 0) is 0 Å². The smallest absolute Gasteiger partial charge is 0.267 e. The highest BCUT2D eigenvalue weighted by Crippen LogP contribution is 2.19.